The van der Waals surface area contributed by atoms with Crippen LogP contribution in [0, 0.1) is 17.1 Å². The molecular formula is C16H11FN2. The Bertz CT molecular complexity index is 764. The highest BCUT2D eigenvalue weighted by molar-refractivity contribution is 5.86. The first-order valence-electron chi connectivity index (χ1n) is 6.00. The summed E-state index contributed by atoms with van der Waals surface area (Å²) in [5.41, 5.74) is 2.72. The monoisotopic (exact) mass is 250 g/mol. The standard InChI is InChI=1S/C16H11FN2/c17-14-6-4-12(5-7-14)11-19-9-8-15-13(10-18)2-1-3-16(15)19/h1-9H,11H2. The van der Waals surface area contributed by atoms with Crippen molar-refractivity contribution in [2.75, 3.05) is 0 Å². The van der Waals surface area contributed by atoms with Gasteiger partial charge in [-0.05, 0) is 35.9 Å². The van der Waals surface area contributed by atoms with Crippen LogP contribution in [0.5, 0.6) is 0 Å². The van der Waals surface area contributed by atoms with Gasteiger partial charge in [0, 0.05) is 23.6 Å². The quantitative estimate of drug-likeness (QED) is 0.681. The number of rotatable bonds is 2. The number of fused-ring (bicyclic) bond motifs is 1. The fourth-order valence-electron chi connectivity index (χ4n) is 2.25. The summed E-state index contributed by atoms with van der Waals surface area (Å²) in [7, 11) is 0. The van der Waals surface area contributed by atoms with E-state index in [1.165, 1.54) is 12.1 Å². The van der Waals surface area contributed by atoms with Crippen LogP contribution in [0.2, 0.25) is 0 Å². The Balaban J connectivity index is 2.02. The smallest absolute Gasteiger partial charge is 0.123 e. The van der Waals surface area contributed by atoms with Crippen molar-refractivity contribution in [2.24, 2.45) is 0 Å². The first-order valence-corrected chi connectivity index (χ1v) is 6.00. The maximum atomic E-state index is 12.9. The van der Waals surface area contributed by atoms with Crippen molar-refractivity contribution in [3.8, 4) is 6.07 Å². The summed E-state index contributed by atoms with van der Waals surface area (Å²) in [6.45, 7) is 0.665. The van der Waals surface area contributed by atoms with Crippen LogP contribution in [-0.2, 0) is 6.54 Å². The maximum absolute atomic E-state index is 12.9. The molecule has 0 spiro atoms. The van der Waals surface area contributed by atoms with Crippen LogP contribution in [0.1, 0.15) is 11.1 Å². The van der Waals surface area contributed by atoms with Gasteiger partial charge in [-0.3, -0.25) is 0 Å². The van der Waals surface area contributed by atoms with Crippen LogP contribution in [0.15, 0.2) is 54.7 Å². The number of hydrogen-bond donors (Lipinski definition) is 0. The Kier molecular flexibility index (Phi) is 2.77. The third-order valence-corrected chi connectivity index (χ3v) is 3.20. The second kappa shape index (κ2) is 4.58. The van der Waals surface area contributed by atoms with E-state index in [0.717, 1.165) is 16.5 Å². The molecule has 0 unspecified atom stereocenters. The molecule has 1 aromatic heterocycles. The van der Waals surface area contributed by atoms with Gasteiger partial charge in [-0.1, -0.05) is 18.2 Å². The topological polar surface area (TPSA) is 28.7 Å². The lowest BCUT2D eigenvalue weighted by molar-refractivity contribution is 0.626. The van der Waals surface area contributed by atoms with E-state index in [1.807, 2.05) is 30.5 Å². The lowest BCUT2D eigenvalue weighted by Crippen LogP contribution is -1.97. The van der Waals surface area contributed by atoms with Gasteiger partial charge in [-0.2, -0.15) is 5.26 Å². The maximum Gasteiger partial charge on any atom is 0.123 e. The van der Waals surface area contributed by atoms with Crippen molar-refractivity contribution in [3.63, 3.8) is 0 Å². The molecule has 0 atom stereocenters. The molecule has 92 valence electrons. The van der Waals surface area contributed by atoms with E-state index in [2.05, 4.69) is 10.6 Å². The highest BCUT2D eigenvalue weighted by atomic mass is 19.1. The molecule has 2 aromatic carbocycles. The normalized spacial score (nSPS) is 10.5. The zero-order chi connectivity index (χ0) is 13.2. The Morgan fingerprint density at radius 1 is 1.05 bits per heavy atom. The summed E-state index contributed by atoms with van der Waals surface area (Å²) in [5, 5.41) is 10.0. The minimum absolute atomic E-state index is 0.229. The van der Waals surface area contributed by atoms with Crippen LogP contribution in [-0.4, -0.2) is 4.57 Å². The average Bonchev–Trinajstić information content (AvgIpc) is 2.84. The Morgan fingerprint density at radius 2 is 1.84 bits per heavy atom. The first-order chi connectivity index (χ1) is 9.28. The molecule has 0 saturated carbocycles. The predicted molar refractivity (Wildman–Crippen MR) is 72.2 cm³/mol. The summed E-state index contributed by atoms with van der Waals surface area (Å²) in [6, 6.07) is 16.3. The third kappa shape index (κ3) is 2.09. The average molecular weight is 250 g/mol. The molecule has 0 aliphatic rings. The molecule has 0 N–H and O–H groups in total. The summed E-state index contributed by atoms with van der Waals surface area (Å²) < 4.78 is 14.9. The molecular weight excluding hydrogens is 239 g/mol. The molecule has 0 aliphatic carbocycles. The van der Waals surface area contributed by atoms with Crippen molar-refractivity contribution >= 4 is 10.9 Å². The first kappa shape index (κ1) is 11.5. The Morgan fingerprint density at radius 3 is 2.58 bits per heavy atom. The lowest BCUT2D eigenvalue weighted by Gasteiger charge is -2.06. The van der Waals surface area contributed by atoms with Gasteiger partial charge in [0.15, 0.2) is 0 Å². The zero-order valence-electron chi connectivity index (χ0n) is 10.2. The molecule has 0 saturated heterocycles. The minimum atomic E-state index is -0.229. The largest absolute Gasteiger partial charge is 0.343 e. The Labute approximate surface area is 110 Å². The number of nitriles is 1. The fraction of sp³-hybridized carbons (Fsp3) is 0.0625. The molecule has 0 radical (unpaired) electrons. The molecule has 2 nitrogen and oxygen atoms in total. The summed E-state index contributed by atoms with van der Waals surface area (Å²) in [4.78, 5) is 0. The van der Waals surface area contributed by atoms with E-state index in [1.54, 1.807) is 12.1 Å². The fourth-order valence-corrected chi connectivity index (χ4v) is 2.25. The minimum Gasteiger partial charge on any atom is -0.343 e. The molecule has 0 aliphatic heterocycles. The highest BCUT2D eigenvalue weighted by Gasteiger charge is 2.05. The van der Waals surface area contributed by atoms with Crippen LogP contribution in [0.3, 0.4) is 0 Å². The third-order valence-electron chi connectivity index (χ3n) is 3.20. The number of halogens is 1. The van der Waals surface area contributed by atoms with Crippen LogP contribution in [0.4, 0.5) is 4.39 Å². The van der Waals surface area contributed by atoms with Crippen molar-refractivity contribution in [1.82, 2.24) is 4.57 Å². The van der Waals surface area contributed by atoms with Crippen LogP contribution >= 0.6 is 0 Å². The van der Waals surface area contributed by atoms with Crippen molar-refractivity contribution < 1.29 is 4.39 Å². The van der Waals surface area contributed by atoms with Crippen molar-refractivity contribution in [1.29, 1.82) is 5.26 Å². The predicted octanol–water partition coefficient (Wildman–Crippen LogP) is 3.70. The number of benzene rings is 2. The van der Waals surface area contributed by atoms with Gasteiger partial charge in [0.1, 0.15) is 5.82 Å². The van der Waals surface area contributed by atoms with Gasteiger partial charge in [0.05, 0.1) is 11.6 Å². The molecule has 0 amide bonds. The molecule has 0 fully saturated rings. The van der Waals surface area contributed by atoms with E-state index in [0.29, 0.717) is 12.1 Å². The van der Waals surface area contributed by atoms with E-state index in [-0.39, 0.29) is 5.82 Å². The second-order valence-corrected chi connectivity index (χ2v) is 4.42. The van der Waals surface area contributed by atoms with E-state index >= 15 is 0 Å². The van der Waals surface area contributed by atoms with E-state index < -0.39 is 0 Å². The van der Waals surface area contributed by atoms with Crippen LogP contribution in [0.25, 0.3) is 10.9 Å². The number of nitrogens with zero attached hydrogens (tertiary/aromatic N) is 2. The number of aromatic nitrogens is 1. The van der Waals surface area contributed by atoms with Gasteiger partial charge in [0.25, 0.3) is 0 Å². The number of hydrogen-bond acceptors (Lipinski definition) is 1. The van der Waals surface area contributed by atoms with Gasteiger partial charge >= 0.3 is 0 Å². The molecule has 19 heavy (non-hydrogen) atoms. The van der Waals surface area contributed by atoms with E-state index in [9.17, 15) is 4.39 Å². The molecule has 3 rings (SSSR count). The summed E-state index contributed by atoms with van der Waals surface area (Å²) in [5.74, 6) is -0.229. The molecule has 3 heteroatoms. The zero-order valence-corrected chi connectivity index (χ0v) is 10.2. The van der Waals surface area contributed by atoms with Crippen molar-refractivity contribution in [2.45, 2.75) is 6.54 Å². The van der Waals surface area contributed by atoms with Gasteiger partial charge in [0.2, 0.25) is 0 Å². The summed E-state index contributed by atoms with van der Waals surface area (Å²) >= 11 is 0. The molecule has 3 aromatic rings. The molecule has 1 heterocycles. The van der Waals surface area contributed by atoms with Crippen molar-refractivity contribution in [3.05, 3.63) is 71.7 Å². The molecule has 0 bridgehead atoms. The van der Waals surface area contributed by atoms with E-state index in [4.69, 9.17) is 5.26 Å². The SMILES string of the molecule is N#Cc1cccc2c1ccn2Cc1ccc(F)cc1. The Hall–Kier alpha value is -2.60. The lowest BCUT2D eigenvalue weighted by atomic mass is 10.1. The van der Waals surface area contributed by atoms with Gasteiger partial charge < -0.3 is 4.57 Å². The van der Waals surface area contributed by atoms with Gasteiger partial charge in [-0.15, -0.1) is 0 Å². The van der Waals surface area contributed by atoms with Gasteiger partial charge in [-0.25, -0.2) is 4.39 Å². The summed E-state index contributed by atoms with van der Waals surface area (Å²) in [6.07, 6.45) is 1.95. The highest BCUT2D eigenvalue weighted by Crippen LogP contribution is 2.20. The van der Waals surface area contributed by atoms with Crippen LogP contribution < -0.4 is 0 Å². The second-order valence-electron chi connectivity index (χ2n) is 4.42.